The molecule has 0 bridgehead atoms. The van der Waals surface area contributed by atoms with Crippen LogP contribution in [-0.2, 0) is 6.54 Å². The van der Waals surface area contributed by atoms with Gasteiger partial charge in [0.1, 0.15) is 17.6 Å². The smallest absolute Gasteiger partial charge is 0.162 e. The van der Waals surface area contributed by atoms with Crippen molar-refractivity contribution in [3.8, 4) is 5.75 Å². The van der Waals surface area contributed by atoms with Crippen molar-refractivity contribution in [3.63, 3.8) is 0 Å². The van der Waals surface area contributed by atoms with Crippen LogP contribution >= 0.6 is 11.8 Å². The molecule has 0 aliphatic heterocycles. The standard InChI is InChI=1S/C14H17FN2O2S/c1-3-17-14(13(19-2)8-16-17)12(18)9-20-11-6-4-5-10(15)7-11/h4-8,12,18H,3,9H2,1-2H3. The van der Waals surface area contributed by atoms with Crippen LogP contribution in [0.1, 0.15) is 18.7 Å². The molecule has 2 rings (SSSR count). The zero-order valence-electron chi connectivity index (χ0n) is 11.4. The molecule has 1 aromatic heterocycles. The first-order chi connectivity index (χ1) is 9.65. The largest absolute Gasteiger partial charge is 0.493 e. The summed E-state index contributed by atoms with van der Waals surface area (Å²) in [7, 11) is 1.55. The van der Waals surface area contributed by atoms with E-state index in [0.29, 0.717) is 23.7 Å². The summed E-state index contributed by atoms with van der Waals surface area (Å²) < 4.78 is 20.0. The minimum atomic E-state index is -0.722. The second-order valence-corrected chi connectivity index (χ2v) is 5.29. The molecule has 0 fully saturated rings. The Morgan fingerprint density at radius 2 is 2.30 bits per heavy atom. The highest BCUT2D eigenvalue weighted by atomic mass is 32.2. The van der Waals surface area contributed by atoms with E-state index in [1.54, 1.807) is 24.1 Å². The lowest BCUT2D eigenvalue weighted by Crippen LogP contribution is -2.11. The average Bonchev–Trinajstić information content (AvgIpc) is 2.88. The van der Waals surface area contributed by atoms with Crippen molar-refractivity contribution in [1.29, 1.82) is 0 Å². The van der Waals surface area contributed by atoms with Crippen molar-refractivity contribution in [2.45, 2.75) is 24.5 Å². The van der Waals surface area contributed by atoms with Crippen LogP contribution in [0.5, 0.6) is 5.75 Å². The lowest BCUT2D eigenvalue weighted by molar-refractivity contribution is 0.187. The van der Waals surface area contributed by atoms with Crippen molar-refractivity contribution in [2.24, 2.45) is 0 Å². The SMILES string of the molecule is CCn1ncc(OC)c1C(O)CSc1cccc(F)c1. The summed E-state index contributed by atoms with van der Waals surface area (Å²) in [5.41, 5.74) is 0.652. The fourth-order valence-corrected chi connectivity index (χ4v) is 2.81. The van der Waals surface area contributed by atoms with E-state index in [1.807, 2.05) is 13.0 Å². The molecule has 0 aliphatic carbocycles. The van der Waals surface area contributed by atoms with Crippen molar-refractivity contribution in [3.05, 3.63) is 42.0 Å². The molecule has 0 saturated heterocycles. The summed E-state index contributed by atoms with van der Waals surface area (Å²) in [4.78, 5) is 0.783. The number of rotatable bonds is 6. The molecule has 1 atom stereocenters. The molecule has 4 nitrogen and oxygen atoms in total. The highest BCUT2D eigenvalue weighted by molar-refractivity contribution is 7.99. The van der Waals surface area contributed by atoms with Crippen molar-refractivity contribution >= 4 is 11.8 Å². The van der Waals surface area contributed by atoms with Gasteiger partial charge in [-0.25, -0.2) is 4.39 Å². The number of nitrogens with zero attached hydrogens (tertiary/aromatic N) is 2. The predicted molar refractivity (Wildman–Crippen MR) is 76.5 cm³/mol. The van der Waals surface area contributed by atoms with Gasteiger partial charge in [-0.3, -0.25) is 4.68 Å². The van der Waals surface area contributed by atoms with E-state index in [0.717, 1.165) is 4.90 Å². The molecular formula is C14H17FN2O2S. The first kappa shape index (κ1) is 14.9. The minimum Gasteiger partial charge on any atom is -0.493 e. The van der Waals surface area contributed by atoms with E-state index in [2.05, 4.69) is 5.10 Å². The van der Waals surface area contributed by atoms with E-state index in [-0.39, 0.29) is 5.82 Å². The maximum absolute atomic E-state index is 13.1. The fraction of sp³-hybridized carbons (Fsp3) is 0.357. The van der Waals surface area contributed by atoms with Crippen molar-refractivity contribution in [2.75, 3.05) is 12.9 Å². The Bertz CT molecular complexity index is 553. The average molecular weight is 296 g/mol. The highest BCUT2D eigenvalue weighted by Crippen LogP contribution is 2.30. The number of benzene rings is 1. The van der Waals surface area contributed by atoms with Crippen molar-refractivity contribution < 1.29 is 14.2 Å². The number of ether oxygens (including phenoxy) is 1. The maximum atomic E-state index is 13.1. The molecule has 0 radical (unpaired) electrons. The third-order valence-electron chi connectivity index (χ3n) is 2.88. The summed E-state index contributed by atoms with van der Waals surface area (Å²) in [5, 5.41) is 14.5. The Morgan fingerprint density at radius 1 is 1.50 bits per heavy atom. The number of hydrogen-bond donors (Lipinski definition) is 1. The van der Waals surface area contributed by atoms with E-state index >= 15 is 0 Å². The molecule has 0 amide bonds. The van der Waals surface area contributed by atoms with Crippen LogP contribution in [0.3, 0.4) is 0 Å². The van der Waals surface area contributed by atoms with Gasteiger partial charge in [-0.15, -0.1) is 11.8 Å². The molecular weight excluding hydrogens is 279 g/mol. The van der Waals surface area contributed by atoms with E-state index in [1.165, 1.54) is 23.9 Å². The predicted octanol–water partition coefficient (Wildman–Crippen LogP) is 2.88. The molecule has 1 unspecified atom stereocenters. The van der Waals surface area contributed by atoms with E-state index in [9.17, 15) is 9.50 Å². The van der Waals surface area contributed by atoms with Crippen LogP contribution in [0.25, 0.3) is 0 Å². The fourth-order valence-electron chi connectivity index (χ4n) is 1.93. The summed E-state index contributed by atoms with van der Waals surface area (Å²) >= 11 is 1.39. The van der Waals surface area contributed by atoms with E-state index < -0.39 is 6.10 Å². The second kappa shape index (κ2) is 6.76. The topological polar surface area (TPSA) is 47.3 Å². The first-order valence-corrected chi connectivity index (χ1v) is 7.30. The Hall–Kier alpha value is -1.53. The number of aromatic nitrogens is 2. The summed E-state index contributed by atoms with van der Waals surface area (Å²) in [6.45, 7) is 2.60. The lowest BCUT2D eigenvalue weighted by Gasteiger charge is -2.14. The zero-order valence-corrected chi connectivity index (χ0v) is 12.2. The Kier molecular flexibility index (Phi) is 5.03. The first-order valence-electron chi connectivity index (χ1n) is 6.31. The van der Waals surface area contributed by atoms with Gasteiger partial charge in [-0.2, -0.15) is 5.10 Å². The molecule has 108 valence electrons. The Balaban J connectivity index is 2.08. The highest BCUT2D eigenvalue weighted by Gasteiger charge is 2.19. The maximum Gasteiger partial charge on any atom is 0.162 e. The van der Waals surface area contributed by atoms with Crippen LogP contribution in [-0.4, -0.2) is 27.7 Å². The van der Waals surface area contributed by atoms with E-state index in [4.69, 9.17) is 4.74 Å². The number of thioether (sulfide) groups is 1. The van der Waals surface area contributed by atoms with Gasteiger partial charge in [0, 0.05) is 17.2 Å². The number of aryl methyl sites for hydroxylation is 1. The van der Waals surface area contributed by atoms with Crippen LogP contribution in [0.15, 0.2) is 35.4 Å². The van der Waals surface area contributed by atoms with Crippen molar-refractivity contribution in [1.82, 2.24) is 9.78 Å². The number of aliphatic hydroxyl groups is 1. The number of aliphatic hydroxyl groups excluding tert-OH is 1. The minimum absolute atomic E-state index is 0.277. The molecule has 6 heteroatoms. The van der Waals surface area contributed by atoms with Gasteiger partial charge < -0.3 is 9.84 Å². The Labute approximate surface area is 121 Å². The number of halogens is 1. The molecule has 0 spiro atoms. The quantitative estimate of drug-likeness (QED) is 0.833. The van der Waals surface area contributed by atoms with Gasteiger partial charge in [0.25, 0.3) is 0 Å². The van der Waals surface area contributed by atoms with Gasteiger partial charge in [0.05, 0.1) is 13.3 Å². The molecule has 0 aliphatic rings. The van der Waals surface area contributed by atoms with Crippen LogP contribution < -0.4 is 4.74 Å². The summed E-state index contributed by atoms with van der Waals surface area (Å²) in [5.74, 6) is 0.700. The van der Waals surface area contributed by atoms with Crippen LogP contribution in [0, 0.1) is 5.82 Å². The third-order valence-corrected chi connectivity index (χ3v) is 3.95. The molecule has 1 aromatic carbocycles. The van der Waals surface area contributed by atoms with Gasteiger partial charge in [-0.05, 0) is 25.1 Å². The summed E-state index contributed by atoms with van der Waals surface area (Å²) in [6.07, 6.45) is 0.871. The second-order valence-electron chi connectivity index (χ2n) is 4.20. The van der Waals surface area contributed by atoms with Crippen LogP contribution in [0.4, 0.5) is 4.39 Å². The lowest BCUT2D eigenvalue weighted by atomic mass is 10.2. The molecule has 1 heterocycles. The van der Waals surface area contributed by atoms with Gasteiger partial charge in [0.2, 0.25) is 0 Å². The molecule has 20 heavy (non-hydrogen) atoms. The molecule has 0 saturated carbocycles. The van der Waals surface area contributed by atoms with Gasteiger partial charge in [0.15, 0.2) is 5.75 Å². The third kappa shape index (κ3) is 3.32. The number of hydrogen-bond acceptors (Lipinski definition) is 4. The number of methoxy groups -OCH3 is 1. The monoisotopic (exact) mass is 296 g/mol. The Morgan fingerprint density at radius 3 is 2.95 bits per heavy atom. The normalized spacial score (nSPS) is 12.4. The summed E-state index contributed by atoms with van der Waals surface area (Å²) in [6, 6.07) is 6.32. The molecule has 1 N–H and O–H groups in total. The van der Waals surface area contributed by atoms with Gasteiger partial charge >= 0.3 is 0 Å². The van der Waals surface area contributed by atoms with Crippen LogP contribution in [0.2, 0.25) is 0 Å². The molecule has 2 aromatic rings. The zero-order chi connectivity index (χ0) is 14.5. The van der Waals surface area contributed by atoms with Gasteiger partial charge in [-0.1, -0.05) is 6.07 Å².